The van der Waals surface area contributed by atoms with Gasteiger partial charge in [0.2, 0.25) is 5.91 Å². The maximum Gasteiger partial charge on any atom is 0.327 e. The van der Waals surface area contributed by atoms with Crippen LogP contribution < -0.4 is 10.6 Å². The molecule has 144 valence electrons. The third-order valence-electron chi connectivity index (χ3n) is 3.89. The average Bonchev–Trinajstić information content (AvgIpc) is 2.56. The predicted octanol–water partition coefficient (Wildman–Crippen LogP) is -2.50. The molecule has 2 amide bonds. The minimum Gasteiger partial charge on any atom is -0.480 e. The van der Waals surface area contributed by atoms with Crippen LogP contribution in [-0.2, 0) is 19.1 Å². The van der Waals surface area contributed by atoms with Gasteiger partial charge in [-0.1, -0.05) is 6.92 Å². The van der Waals surface area contributed by atoms with Crippen molar-refractivity contribution in [2.75, 3.05) is 18.6 Å². The van der Waals surface area contributed by atoms with E-state index in [1.165, 1.54) is 11.8 Å². The first-order valence-corrected chi connectivity index (χ1v) is 9.10. The number of aliphatic hydroxyl groups is 3. The summed E-state index contributed by atoms with van der Waals surface area (Å²) in [6, 6.07) is -1.09. The highest BCUT2D eigenvalue weighted by molar-refractivity contribution is 7.98. The molecule has 0 aromatic carbocycles. The van der Waals surface area contributed by atoms with Gasteiger partial charge in [0.15, 0.2) is 12.4 Å². The highest BCUT2D eigenvalue weighted by Crippen LogP contribution is 2.27. The fraction of sp³-hybridized carbons (Fsp3) is 0.786. The molecule has 0 radical (unpaired) electrons. The van der Waals surface area contributed by atoms with Gasteiger partial charge < -0.3 is 35.8 Å². The van der Waals surface area contributed by atoms with Crippen LogP contribution in [0.3, 0.4) is 0 Å². The van der Waals surface area contributed by atoms with E-state index < -0.39 is 60.9 Å². The molecule has 0 aromatic heterocycles. The molecule has 25 heavy (non-hydrogen) atoms. The molecule has 1 fully saturated rings. The Balaban J connectivity index is 2.58. The summed E-state index contributed by atoms with van der Waals surface area (Å²) in [4.78, 5) is 34.8. The molecule has 3 unspecified atom stereocenters. The van der Waals surface area contributed by atoms with Crippen LogP contribution in [0, 0.1) is 5.92 Å². The molecule has 6 N–H and O–H groups in total. The summed E-state index contributed by atoms with van der Waals surface area (Å²) in [6.45, 7) is 1.16. The summed E-state index contributed by atoms with van der Waals surface area (Å²) < 4.78 is 4.91. The number of aliphatic carboxylic acids is 1. The second-order valence-corrected chi connectivity index (χ2v) is 6.54. The van der Waals surface area contributed by atoms with Crippen LogP contribution in [0.5, 0.6) is 0 Å². The Bertz CT molecular complexity index is 491. The van der Waals surface area contributed by atoms with Crippen molar-refractivity contribution in [2.45, 2.75) is 44.0 Å². The summed E-state index contributed by atoms with van der Waals surface area (Å²) >= 11 is 1.24. The predicted molar refractivity (Wildman–Crippen MR) is 87.6 cm³/mol. The average molecular weight is 380 g/mol. The van der Waals surface area contributed by atoms with E-state index in [9.17, 15) is 29.7 Å². The second-order valence-electron chi connectivity index (χ2n) is 5.63. The van der Waals surface area contributed by atoms with Crippen molar-refractivity contribution < 1.29 is 39.5 Å². The molecular weight excluding hydrogens is 356 g/mol. The number of carboxylic acids is 1. The molecule has 0 spiro atoms. The number of carbonyl (C=O) groups is 3. The first-order chi connectivity index (χ1) is 11.7. The molecule has 1 aliphatic rings. The molecule has 0 aromatic rings. The quantitative estimate of drug-likeness (QED) is 0.267. The van der Waals surface area contributed by atoms with Gasteiger partial charge in [-0.3, -0.25) is 9.59 Å². The lowest BCUT2D eigenvalue weighted by Crippen LogP contribution is -2.59. The van der Waals surface area contributed by atoms with Crippen molar-refractivity contribution in [3.05, 3.63) is 0 Å². The highest BCUT2D eigenvalue weighted by atomic mass is 32.2. The van der Waals surface area contributed by atoms with E-state index >= 15 is 0 Å². The fourth-order valence-corrected chi connectivity index (χ4v) is 3.06. The lowest BCUT2D eigenvalue weighted by molar-refractivity contribution is -0.263. The van der Waals surface area contributed by atoms with Gasteiger partial charge in [-0.25, -0.2) is 4.79 Å². The van der Waals surface area contributed by atoms with E-state index in [1.54, 1.807) is 13.2 Å². The lowest BCUT2D eigenvalue weighted by atomic mass is 9.86. The maximum absolute atomic E-state index is 12.1. The van der Waals surface area contributed by atoms with Crippen LogP contribution in [0.15, 0.2) is 0 Å². The van der Waals surface area contributed by atoms with Crippen molar-refractivity contribution in [3.63, 3.8) is 0 Å². The van der Waals surface area contributed by atoms with Crippen LogP contribution in [-0.4, -0.2) is 87.4 Å². The number of carbonyl (C=O) groups excluding carboxylic acids is 2. The third kappa shape index (κ3) is 5.82. The number of nitrogens with one attached hydrogen (secondary N) is 2. The molecule has 0 bridgehead atoms. The topological polar surface area (TPSA) is 165 Å². The molecular formula is C14H24N2O8S. The number of hydrogen-bond acceptors (Lipinski definition) is 8. The van der Waals surface area contributed by atoms with Gasteiger partial charge in [-0.05, 0) is 12.7 Å². The molecule has 1 rings (SSSR count). The number of rotatable bonds is 8. The van der Waals surface area contributed by atoms with E-state index in [0.29, 0.717) is 6.42 Å². The zero-order valence-corrected chi connectivity index (χ0v) is 14.7. The Hall–Kier alpha value is -1.40. The SMILES string of the molecule is CC[C@@H]1C(O)C(O)OC(C(=O)NCC(=O)N[C@@H](CSC)C(=O)O)[C@H]1O. The number of aliphatic hydroxyl groups excluding tert-OH is 3. The first kappa shape index (κ1) is 21.6. The van der Waals surface area contributed by atoms with E-state index in [-0.39, 0.29) is 5.75 Å². The van der Waals surface area contributed by atoms with Gasteiger partial charge in [-0.15, -0.1) is 0 Å². The van der Waals surface area contributed by atoms with E-state index in [1.807, 2.05) is 0 Å². The molecule has 0 saturated carbocycles. The van der Waals surface area contributed by atoms with Crippen molar-refractivity contribution in [1.82, 2.24) is 10.6 Å². The summed E-state index contributed by atoms with van der Waals surface area (Å²) in [5.74, 6) is -3.34. The Morgan fingerprint density at radius 3 is 2.36 bits per heavy atom. The lowest BCUT2D eigenvalue weighted by Gasteiger charge is -2.39. The smallest absolute Gasteiger partial charge is 0.327 e. The van der Waals surface area contributed by atoms with Crippen molar-refractivity contribution in [1.29, 1.82) is 0 Å². The molecule has 6 atom stereocenters. The van der Waals surface area contributed by atoms with Crippen LogP contribution >= 0.6 is 11.8 Å². The normalized spacial score (nSPS) is 30.4. The van der Waals surface area contributed by atoms with Crippen LogP contribution in [0.1, 0.15) is 13.3 Å². The first-order valence-electron chi connectivity index (χ1n) is 7.71. The summed E-state index contributed by atoms with van der Waals surface area (Å²) in [6.07, 6.45) is -3.75. The molecule has 1 saturated heterocycles. The summed E-state index contributed by atoms with van der Waals surface area (Å²) in [5, 5.41) is 42.9. The van der Waals surface area contributed by atoms with Gasteiger partial charge in [0, 0.05) is 11.7 Å². The molecule has 10 nitrogen and oxygen atoms in total. The molecule has 1 heterocycles. The van der Waals surface area contributed by atoms with Gasteiger partial charge in [0.05, 0.1) is 12.6 Å². The highest BCUT2D eigenvalue weighted by Gasteiger charge is 2.45. The Morgan fingerprint density at radius 1 is 1.20 bits per heavy atom. The third-order valence-corrected chi connectivity index (χ3v) is 4.55. The van der Waals surface area contributed by atoms with Crippen molar-refractivity contribution >= 4 is 29.5 Å². The summed E-state index contributed by atoms with van der Waals surface area (Å²) in [5.41, 5.74) is 0. The van der Waals surface area contributed by atoms with Gasteiger partial charge in [0.25, 0.3) is 5.91 Å². The molecule has 0 aliphatic carbocycles. The van der Waals surface area contributed by atoms with E-state index in [4.69, 9.17) is 9.84 Å². The number of ether oxygens (including phenoxy) is 1. The fourth-order valence-electron chi connectivity index (χ4n) is 2.50. The van der Waals surface area contributed by atoms with E-state index in [2.05, 4.69) is 10.6 Å². The van der Waals surface area contributed by atoms with Crippen LogP contribution in [0.2, 0.25) is 0 Å². The monoisotopic (exact) mass is 380 g/mol. The molecule has 11 heteroatoms. The minimum absolute atomic E-state index is 0.168. The Morgan fingerprint density at radius 2 is 1.84 bits per heavy atom. The number of amides is 2. The second kappa shape index (κ2) is 9.92. The number of hydrogen-bond donors (Lipinski definition) is 6. The zero-order chi connectivity index (χ0) is 19.1. The number of thioether (sulfide) groups is 1. The van der Waals surface area contributed by atoms with Crippen molar-refractivity contribution in [3.8, 4) is 0 Å². The zero-order valence-electron chi connectivity index (χ0n) is 13.9. The largest absolute Gasteiger partial charge is 0.480 e. The Labute approximate surface area is 148 Å². The summed E-state index contributed by atoms with van der Waals surface area (Å²) in [7, 11) is 0. The van der Waals surface area contributed by atoms with Crippen LogP contribution in [0.25, 0.3) is 0 Å². The minimum atomic E-state index is -1.63. The maximum atomic E-state index is 12.1. The standard InChI is InChI=1S/C14H24N2O8S/c1-3-6-9(18)11(24-14(23)10(6)19)12(20)15-4-8(17)16-7(5-25-2)13(21)22/h6-7,9-11,14,18-19,23H,3-5H2,1-2H3,(H,15,20)(H,16,17)(H,21,22)/t6-,7-,9-,10?,11?,14?/m0/s1. The van der Waals surface area contributed by atoms with Crippen molar-refractivity contribution in [2.24, 2.45) is 5.92 Å². The van der Waals surface area contributed by atoms with E-state index in [0.717, 1.165) is 0 Å². The molecule has 1 aliphatic heterocycles. The van der Waals surface area contributed by atoms with Crippen LogP contribution in [0.4, 0.5) is 0 Å². The van der Waals surface area contributed by atoms with Gasteiger partial charge >= 0.3 is 5.97 Å². The van der Waals surface area contributed by atoms with Gasteiger partial charge in [-0.2, -0.15) is 11.8 Å². The van der Waals surface area contributed by atoms with Gasteiger partial charge in [0.1, 0.15) is 12.1 Å². The number of carboxylic acid groups (broad SMARTS) is 1. The Kier molecular flexibility index (Phi) is 8.59.